The second-order valence-electron chi connectivity index (χ2n) is 4.90. The molecule has 116 valence electrons. The van der Waals surface area contributed by atoms with Crippen LogP contribution in [0.3, 0.4) is 0 Å². The quantitative estimate of drug-likeness (QED) is 0.578. The minimum Gasteiger partial charge on any atom is -0.273 e. The number of fused-ring (bicyclic) bond motifs is 1. The van der Waals surface area contributed by atoms with Crippen molar-refractivity contribution in [3.8, 4) is 0 Å². The van der Waals surface area contributed by atoms with Gasteiger partial charge in [0.05, 0.1) is 18.3 Å². The van der Waals surface area contributed by atoms with E-state index in [1.54, 1.807) is 23.0 Å². The number of amides is 1. The number of nitrogens with one attached hydrogen (secondary N) is 1. The number of aryl methyl sites for hydroxylation is 1. The molecular formula is C16H14ClN5O. The number of hydrogen-bond donors (Lipinski definition) is 1. The van der Waals surface area contributed by atoms with Crippen molar-refractivity contribution in [3.63, 3.8) is 0 Å². The summed E-state index contributed by atoms with van der Waals surface area (Å²) in [4.78, 5) is 11.8. The van der Waals surface area contributed by atoms with E-state index in [0.717, 1.165) is 16.6 Å². The van der Waals surface area contributed by atoms with Gasteiger partial charge in [0.15, 0.2) is 0 Å². The lowest BCUT2D eigenvalue weighted by molar-refractivity contribution is -0.121. The first kappa shape index (κ1) is 15.2. The molecule has 3 aromatic rings. The Kier molecular flexibility index (Phi) is 4.63. The van der Waals surface area contributed by atoms with Crippen LogP contribution in [-0.2, 0) is 11.3 Å². The monoisotopic (exact) mass is 327 g/mol. The molecule has 0 aliphatic carbocycles. The molecule has 0 spiro atoms. The van der Waals surface area contributed by atoms with Crippen LogP contribution in [0.5, 0.6) is 0 Å². The number of aromatic nitrogens is 3. The van der Waals surface area contributed by atoms with Crippen molar-refractivity contribution >= 4 is 34.8 Å². The zero-order valence-corrected chi connectivity index (χ0v) is 12.9. The summed E-state index contributed by atoms with van der Waals surface area (Å²) in [7, 11) is 0. The van der Waals surface area contributed by atoms with Crippen molar-refractivity contribution in [2.75, 3.05) is 0 Å². The molecule has 0 saturated heterocycles. The Labute approximate surface area is 137 Å². The van der Waals surface area contributed by atoms with Crippen molar-refractivity contribution in [2.24, 2.45) is 5.10 Å². The highest BCUT2D eigenvalue weighted by molar-refractivity contribution is 6.30. The molecule has 1 aromatic heterocycles. The summed E-state index contributed by atoms with van der Waals surface area (Å²) < 4.78 is 1.71. The van der Waals surface area contributed by atoms with Crippen molar-refractivity contribution < 1.29 is 4.79 Å². The Balaban J connectivity index is 1.52. The van der Waals surface area contributed by atoms with Gasteiger partial charge in [-0.05, 0) is 29.8 Å². The van der Waals surface area contributed by atoms with Crippen molar-refractivity contribution in [2.45, 2.75) is 13.0 Å². The SMILES string of the molecule is O=C(CCn1nnc2ccccc21)NN=Cc1ccc(Cl)cc1. The number of carbonyl (C=O) groups is 1. The fourth-order valence-electron chi connectivity index (χ4n) is 2.07. The lowest BCUT2D eigenvalue weighted by Crippen LogP contribution is -2.19. The van der Waals surface area contributed by atoms with Crippen molar-refractivity contribution in [1.82, 2.24) is 20.4 Å². The van der Waals surface area contributed by atoms with E-state index < -0.39 is 0 Å². The summed E-state index contributed by atoms with van der Waals surface area (Å²) in [5.74, 6) is -0.185. The molecule has 1 heterocycles. The Morgan fingerprint density at radius 3 is 2.83 bits per heavy atom. The topological polar surface area (TPSA) is 72.2 Å². The number of halogens is 1. The van der Waals surface area contributed by atoms with E-state index in [9.17, 15) is 4.79 Å². The minimum absolute atomic E-state index is 0.185. The molecule has 0 aliphatic heterocycles. The van der Waals surface area contributed by atoms with Crippen LogP contribution in [-0.4, -0.2) is 27.1 Å². The molecule has 1 amide bonds. The molecule has 0 bridgehead atoms. The van der Waals surface area contributed by atoms with Crippen LogP contribution >= 0.6 is 11.6 Å². The van der Waals surface area contributed by atoms with Crippen LogP contribution in [0.4, 0.5) is 0 Å². The number of hydrogen-bond acceptors (Lipinski definition) is 4. The molecule has 3 rings (SSSR count). The van der Waals surface area contributed by atoms with Crippen LogP contribution in [0.1, 0.15) is 12.0 Å². The standard InChI is InChI=1S/C16H14ClN5O/c17-13-7-5-12(6-8-13)11-18-20-16(23)9-10-22-15-4-2-1-3-14(15)19-21-22/h1-8,11H,9-10H2,(H,20,23). The number of benzene rings is 2. The second kappa shape index (κ2) is 7.02. The smallest absolute Gasteiger partial charge is 0.241 e. The lowest BCUT2D eigenvalue weighted by Gasteiger charge is -2.01. The van der Waals surface area contributed by atoms with Gasteiger partial charge >= 0.3 is 0 Å². The maximum atomic E-state index is 11.8. The van der Waals surface area contributed by atoms with E-state index in [1.165, 1.54) is 0 Å². The molecule has 0 radical (unpaired) electrons. The summed E-state index contributed by atoms with van der Waals surface area (Å²) in [5, 5.41) is 12.7. The summed E-state index contributed by atoms with van der Waals surface area (Å²) in [5.41, 5.74) is 5.07. The highest BCUT2D eigenvalue weighted by Gasteiger charge is 2.05. The molecule has 1 N–H and O–H groups in total. The zero-order chi connectivity index (χ0) is 16.1. The van der Waals surface area contributed by atoms with Crippen LogP contribution in [0, 0.1) is 0 Å². The average molecular weight is 328 g/mol. The summed E-state index contributed by atoms with van der Waals surface area (Å²) in [6.45, 7) is 0.447. The predicted molar refractivity (Wildman–Crippen MR) is 89.3 cm³/mol. The minimum atomic E-state index is -0.185. The summed E-state index contributed by atoms with van der Waals surface area (Å²) in [6, 6.07) is 14.8. The van der Waals surface area contributed by atoms with Gasteiger partial charge in [0.2, 0.25) is 5.91 Å². The molecule has 0 saturated carbocycles. The third-order valence-corrected chi connectivity index (χ3v) is 3.50. The first-order valence-corrected chi connectivity index (χ1v) is 7.46. The zero-order valence-electron chi connectivity index (χ0n) is 12.2. The third-order valence-electron chi connectivity index (χ3n) is 3.24. The molecule has 0 unspecified atom stereocenters. The summed E-state index contributed by atoms with van der Waals surface area (Å²) >= 11 is 5.80. The van der Waals surface area contributed by atoms with E-state index in [4.69, 9.17) is 11.6 Å². The number of para-hydroxylation sites is 1. The van der Waals surface area contributed by atoms with E-state index >= 15 is 0 Å². The molecule has 0 atom stereocenters. The average Bonchev–Trinajstić information content (AvgIpc) is 2.98. The van der Waals surface area contributed by atoms with Gasteiger partial charge in [-0.1, -0.05) is 41.1 Å². The van der Waals surface area contributed by atoms with Gasteiger partial charge in [0, 0.05) is 11.4 Å². The van der Waals surface area contributed by atoms with Gasteiger partial charge in [-0.3, -0.25) is 4.79 Å². The van der Waals surface area contributed by atoms with Crippen LogP contribution in [0.15, 0.2) is 53.6 Å². The fourth-order valence-corrected chi connectivity index (χ4v) is 2.20. The number of nitrogens with zero attached hydrogens (tertiary/aromatic N) is 4. The molecular weight excluding hydrogens is 314 g/mol. The van der Waals surface area contributed by atoms with Gasteiger partial charge in [-0.15, -0.1) is 5.10 Å². The molecule has 6 nitrogen and oxygen atoms in total. The Morgan fingerprint density at radius 2 is 2.00 bits per heavy atom. The number of rotatable bonds is 5. The maximum absolute atomic E-state index is 11.8. The van der Waals surface area contributed by atoms with E-state index in [1.807, 2.05) is 36.4 Å². The first-order valence-electron chi connectivity index (χ1n) is 7.08. The van der Waals surface area contributed by atoms with E-state index in [0.29, 0.717) is 11.6 Å². The Morgan fingerprint density at radius 1 is 1.22 bits per heavy atom. The molecule has 23 heavy (non-hydrogen) atoms. The van der Waals surface area contributed by atoms with Gasteiger partial charge in [-0.2, -0.15) is 5.10 Å². The lowest BCUT2D eigenvalue weighted by atomic mass is 10.2. The van der Waals surface area contributed by atoms with Crippen molar-refractivity contribution in [3.05, 3.63) is 59.1 Å². The maximum Gasteiger partial charge on any atom is 0.241 e. The van der Waals surface area contributed by atoms with Crippen LogP contribution in [0.25, 0.3) is 11.0 Å². The largest absolute Gasteiger partial charge is 0.273 e. The molecule has 7 heteroatoms. The highest BCUT2D eigenvalue weighted by atomic mass is 35.5. The van der Waals surface area contributed by atoms with Gasteiger partial charge < -0.3 is 0 Å². The summed E-state index contributed by atoms with van der Waals surface area (Å²) in [6.07, 6.45) is 1.84. The first-order chi connectivity index (χ1) is 11.2. The second-order valence-corrected chi connectivity index (χ2v) is 5.33. The highest BCUT2D eigenvalue weighted by Crippen LogP contribution is 2.10. The van der Waals surface area contributed by atoms with Gasteiger partial charge in [0.1, 0.15) is 5.52 Å². The van der Waals surface area contributed by atoms with Crippen LogP contribution < -0.4 is 5.43 Å². The van der Waals surface area contributed by atoms with Gasteiger partial charge in [-0.25, -0.2) is 10.1 Å². The fraction of sp³-hybridized carbons (Fsp3) is 0.125. The number of carbonyl (C=O) groups excluding carboxylic acids is 1. The molecule has 0 fully saturated rings. The van der Waals surface area contributed by atoms with Crippen molar-refractivity contribution in [1.29, 1.82) is 0 Å². The van der Waals surface area contributed by atoms with E-state index in [-0.39, 0.29) is 12.3 Å². The normalized spacial score (nSPS) is 11.2. The number of hydrazone groups is 1. The van der Waals surface area contributed by atoms with Crippen LogP contribution in [0.2, 0.25) is 5.02 Å². The van der Waals surface area contributed by atoms with Gasteiger partial charge in [0.25, 0.3) is 0 Å². The molecule has 0 aliphatic rings. The Hall–Kier alpha value is -2.73. The third kappa shape index (κ3) is 3.92. The van der Waals surface area contributed by atoms with E-state index in [2.05, 4.69) is 20.8 Å². The predicted octanol–water partition coefficient (Wildman–Crippen LogP) is 2.63. The molecule has 2 aromatic carbocycles. The Bertz CT molecular complexity index is 841.